The van der Waals surface area contributed by atoms with Gasteiger partial charge in [0.2, 0.25) is 11.7 Å². The molecule has 1 aliphatic rings. The SMILES string of the molecule is Cc1cccc(-c2noc([C@@H]3CCN3)n2)c1. The average molecular weight is 215 g/mol. The van der Waals surface area contributed by atoms with E-state index in [1.54, 1.807) is 0 Å². The molecule has 1 aromatic carbocycles. The maximum atomic E-state index is 5.24. The second-order valence-corrected chi connectivity index (χ2v) is 4.12. The molecule has 1 aliphatic heterocycles. The minimum absolute atomic E-state index is 0.256. The predicted molar refractivity (Wildman–Crippen MR) is 59.8 cm³/mol. The molecule has 4 nitrogen and oxygen atoms in total. The van der Waals surface area contributed by atoms with Crippen molar-refractivity contribution in [1.82, 2.24) is 15.5 Å². The third-order valence-electron chi connectivity index (χ3n) is 2.84. The highest BCUT2D eigenvalue weighted by Crippen LogP contribution is 2.24. The van der Waals surface area contributed by atoms with Crippen LogP contribution in [0.2, 0.25) is 0 Å². The highest BCUT2D eigenvalue weighted by Gasteiger charge is 2.24. The van der Waals surface area contributed by atoms with Crippen LogP contribution in [0.5, 0.6) is 0 Å². The number of aryl methyl sites for hydroxylation is 1. The van der Waals surface area contributed by atoms with Gasteiger partial charge in [0.05, 0.1) is 6.04 Å². The first-order valence-corrected chi connectivity index (χ1v) is 5.47. The van der Waals surface area contributed by atoms with Gasteiger partial charge in [-0.25, -0.2) is 0 Å². The fourth-order valence-corrected chi connectivity index (χ4v) is 1.78. The summed E-state index contributed by atoms with van der Waals surface area (Å²) in [4.78, 5) is 4.40. The second kappa shape index (κ2) is 3.72. The summed E-state index contributed by atoms with van der Waals surface area (Å²) in [5, 5.41) is 7.25. The Morgan fingerprint density at radius 1 is 1.44 bits per heavy atom. The number of hydrogen-bond acceptors (Lipinski definition) is 4. The lowest BCUT2D eigenvalue weighted by Gasteiger charge is -2.23. The van der Waals surface area contributed by atoms with Crippen molar-refractivity contribution in [2.45, 2.75) is 19.4 Å². The van der Waals surface area contributed by atoms with Gasteiger partial charge in [0, 0.05) is 5.56 Å². The Morgan fingerprint density at radius 2 is 2.31 bits per heavy atom. The summed E-state index contributed by atoms with van der Waals surface area (Å²) in [5.41, 5.74) is 2.21. The maximum absolute atomic E-state index is 5.24. The third-order valence-corrected chi connectivity index (χ3v) is 2.84. The molecule has 0 bridgehead atoms. The Balaban J connectivity index is 1.91. The maximum Gasteiger partial charge on any atom is 0.244 e. The molecule has 0 unspecified atom stereocenters. The topological polar surface area (TPSA) is 51.0 Å². The van der Waals surface area contributed by atoms with Gasteiger partial charge in [0.1, 0.15) is 0 Å². The number of nitrogens with one attached hydrogen (secondary N) is 1. The van der Waals surface area contributed by atoms with Crippen LogP contribution in [-0.2, 0) is 0 Å². The van der Waals surface area contributed by atoms with E-state index < -0.39 is 0 Å². The molecule has 4 heteroatoms. The Bertz CT molecular complexity index is 502. The van der Waals surface area contributed by atoms with Gasteiger partial charge in [0.25, 0.3) is 0 Å². The number of benzene rings is 1. The van der Waals surface area contributed by atoms with E-state index in [0.29, 0.717) is 11.7 Å². The van der Waals surface area contributed by atoms with E-state index in [2.05, 4.69) is 34.5 Å². The molecule has 82 valence electrons. The van der Waals surface area contributed by atoms with Gasteiger partial charge in [0.15, 0.2) is 0 Å². The first kappa shape index (κ1) is 9.54. The average Bonchev–Trinajstić information content (AvgIpc) is 2.64. The molecule has 3 rings (SSSR count). The molecule has 0 saturated carbocycles. The molecule has 1 saturated heterocycles. The molecule has 0 spiro atoms. The van der Waals surface area contributed by atoms with Crippen molar-refractivity contribution < 1.29 is 4.52 Å². The zero-order valence-electron chi connectivity index (χ0n) is 9.10. The van der Waals surface area contributed by atoms with E-state index in [4.69, 9.17) is 4.52 Å². The minimum Gasteiger partial charge on any atom is -0.337 e. The van der Waals surface area contributed by atoms with Crippen molar-refractivity contribution in [1.29, 1.82) is 0 Å². The van der Waals surface area contributed by atoms with E-state index >= 15 is 0 Å². The van der Waals surface area contributed by atoms with Crippen LogP contribution in [-0.4, -0.2) is 16.7 Å². The zero-order chi connectivity index (χ0) is 11.0. The third kappa shape index (κ3) is 1.61. The fourth-order valence-electron chi connectivity index (χ4n) is 1.78. The lowest BCUT2D eigenvalue weighted by Crippen LogP contribution is -2.35. The van der Waals surface area contributed by atoms with Crippen LogP contribution < -0.4 is 5.32 Å². The van der Waals surface area contributed by atoms with Crippen molar-refractivity contribution in [3.05, 3.63) is 35.7 Å². The van der Waals surface area contributed by atoms with Crippen LogP contribution in [0.4, 0.5) is 0 Å². The van der Waals surface area contributed by atoms with Gasteiger partial charge >= 0.3 is 0 Å². The quantitative estimate of drug-likeness (QED) is 0.833. The monoisotopic (exact) mass is 215 g/mol. The molecule has 0 amide bonds. The molecule has 0 aliphatic carbocycles. The van der Waals surface area contributed by atoms with Crippen LogP contribution >= 0.6 is 0 Å². The normalized spacial score (nSPS) is 19.4. The standard InChI is InChI=1S/C12H13N3O/c1-8-3-2-4-9(7-8)11-14-12(16-15-11)10-5-6-13-10/h2-4,7,10,13H,5-6H2,1H3/t10-/m0/s1. The molecule has 1 aromatic heterocycles. The molecule has 0 radical (unpaired) electrons. The van der Waals surface area contributed by atoms with Gasteiger partial charge in [-0.1, -0.05) is 28.9 Å². The summed E-state index contributed by atoms with van der Waals surface area (Å²) in [6.45, 7) is 3.09. The Labute approximate surface area is 93.7 Å². The number of rotatable bonds is 2. The summed E-state index contributed by atoms with van der Waals surface area (Å²) in [6, 6.07) is 8.37. The second-order valence-electron chi connectivity index (χ2n) is 4.12. The van der Waals surface area contributed by atoms with Gasteiger partial charge in [-0.15, -0.1) is 0 Å². The first-order chi connectivity index (χ1) is 7.83. The highest BCUT2D eigenvalue weighted by molar-refractivity contribution is 5.55. The summed E-state index contributed by atoms with van der Waals surface area (Å²) >= 11 is 0. The van der Waals surface area contributed by atoms with Gasteiger partial charge in [-0.3, -0.25) is 0 Å². The molecule has 2 aromatic rings. The molecular weight excluding hydrogens is 202 g/mol. The Hall–Kier alpha value is -1.68. The lowest BCUT2D eigenvalue weighted by molar-refractivity contribution is 0.273. The fraction of sp³-hybridized carbons (Fsp3) is 0.333. The van der Waals surface area contributed by atoms with Crippen molar-refractivity contribution in [3.63, 3.8) is 0 Å². The molecule has 2 heterocycles. The van der Waals surface area contributed by atoms with Crippen LogP contribution in [0.25, 0.3) is 11.4 Å². The Kier molecular flexibility index (Phi) is 2.22. The summed E-state index contributed by atoms with van der Waals surface area (Å²) in [7, 11) is 0. The smallest absolute Gasteiger partial charge is 0.244 e. The van der Waals surface area contributed by atoms with Crippen LogP contribution in [0.15, 0.2) is 28.8 Å². The van der Waals surface area contributed by atoms with Gasteiger partial charge in [-0.05, 0) is 26.0 Å². The molecule has 1 fully saturated rings. The van der Waals surface area contributed by atoms with Gasteiger partial charge < -0.3 is 9.84 Å². The summed E-state index contributed by atoms with van der Waals surface area (Å²) < 4.78 is 5.24. The molecule has 16 heavy (non-hydrogen) atoms. The van der Waals surface area contributed by atoms with E-state index in [9.17, 15) is 0 Å². The van der Waals surface area contributed by atoms with E-state index in [1.807, 2.05) is 12.1 Å². The molecule has 1 atom stereocenters. The molecule has 1 N–H and O–H groups in total. The van der Waals surface area contributed by atoms with E-state index in [1.165, 1.54) is 5.56 Å². The largest absolute Gasteiger partial charge is 0.337 e. The summed E-state index contributed by atoms with van der Waals surface area (Å²) in [6.07, 6.45) is 1.08. The van der Waals surface area contributed by atoms with Crippen molar-refractivity contribution in [2.75, 3.05) is 6.54 Å². The van der Waals surface area contributed by atoms with Crippen molar-refractivity contribution in [2.24, 2.45) is 0 Å². The van der Waals surface area contributed by atoms with Crippen LogP contribution in [0.1, 0.15) is 23.9 Å². The predicted octanol–water partition coefficient (Wildman–Crippen LogP) is 2.08. The molecular formula is C12H13N3O. The number of hydrogen-bond donors (Lipinski definition) is 1. The number of aromatic nitrogens is 2. The minimum atomic E-state index is 0.256. The highest BCUT2D eigenvalue weighted by atomic mass is 16.5. The van der Waals surface area contributed by atoms with Gasteiger partial charge in [-0.2, -0.15) is 4.98 Å². The van der Waals surface area contributed by atoms with E-state index in [-0.39, 0.29) is 6.04 Å². The van der Waals surface area contributed by atoms with Crippen LogP contribution in [0, 0.1) is 6.92 Å². The van der Waals surface area contributed by atoms with Crippen LogP contribution in [0.3, 0.4) is 0 Å². The summed E-state index contributed by atoms with van der Waals surface area (Å²) in [5.74, 6) is 1.37. The first-order valence-electron chi connectivity index (χ1n) is 5.47. The zero-order valence-corrected chi connectivity index (χ0v) is 9.10. The Morgan fingerprint density at radius 3 is 3.00 bits per heavy atom. The van der Waals surface area contributed by atoms with E-state index in [0.717, 1.165) is 18.5 Å². The van der Waals surface area contributed by atoms with Crippen molar-refractivity contribution >= 4 is 0 Å². The lowest BCUT2D eigenvalue weighted by atomic mass is 10.1. The van der Waals surface area contributed by atoms with Crippen molar-refractivity contribution in [3.8, 4) is 11.4 Å². The number of nitrogens with zero attached hydrogens (tertiary/aromatic N) is 2.